The van der Waals surface area contributed by atoms with Crippen molar-refractivity contribution in [3.63, 3.8) is 0 Å². The summed E-state index contributed by atoms with van der Waals surface area (Å²) in [6.45, 7) is 6.06. The summed E-state index contributed by atoms with van der Waals surface area (Å²) in [5.74, 6) is 0. The van der Waals surface area contributed by atoms with E-state index in [1.807, 2.05) is 24.6 Å². The molecule has 0 bridgehead atoms. The fraction of sp³-hybridized carbons (Fsp3) is 0.250. The highest BCUT2D eigenvalue weighted by Gasteiger charge is 2.11. The van der Waals surface area contributed by atoms with Crippen LogP contribution in [0.5, 0.6) is 0 Å². The smallest absolute Gasteiger partial charge is 0.0892 e. The summed E-state index contributed by atoms with van der Waals surface area (Å²) in [6, 6.07) is 5.40. The first-order valence-corrected chi connectivity index (χ1v) is 5.46. The molecule has 0 spiro atoms. The molecule has 84 valence electrons. The van der Waals surface area contributed by atoms with E-state index in [1.165, 1.54) is 5.56 Å². The third-order valence-corrected chi connectivity index (χ3v) is 3.11. The summed E-state index contributed by atoms with van der Waals surface area (Å²) in [6.07, 6.45) is 0. The summed E-state index contributed by atoms with van der Waals surface area (Å²) in [5.41, 5.74) is 10.7. The van der Waals surface area contributed by atoms with E-state index in [0.29, 0.717) is 10.7 Å². The van der Waals surface area contributed by atoms with Crippen LogP contribution in [-0.4, -0.2) is 9.78 Å². The van der Waals surface area contributed by atoms with Gasteiger partial charge in [0.15, 0.2) is 0 Å². The normalized spacial score (nSPS) is 10.8. The van der Waals surface area contributed by atoms with E-state index in [9.17, 15) is 0 Å². The van der Waals surface area contributed by atoms with Crippen molar-refractivity contribution >= 4 is 17.3 Å². The molecule has 0 saturated heterocycles. The first-order chi connectivity index (χ1) is 7.50. The zero-order valence-corrected chi connectivity index (χ0v) is 10.3. The van der Waals surface area contributed by atoms with Crippen LogP contribution < -0.4 is 5.73 Å². The Bertz CT molecular complexity index is 543. The maximum absolute atomic E-state index is 5.97. The van der Waals surface area contributed by atoms with E-state index in [-0.39, 0.29) is 0 Å². The quantitative estimate of drug-likeness (QED) is 0.773. The molecule has 0 atom stereocenters. The second-order valence-corrected chi connectivity index (χ2v) is 4.35. The van der Waals surface area contributed by atoms with E-state index < -0.39 is 0 Å². The molecule has 0 unspecified atom stereocenters. The number of halogens is 1. The summed E-state index contributed by atoms with van der Waals surface area (Å²) in [7, 11) is 0. The Morgan fingerprint density at radius 1 is 1.25 bits per heavy atom. The molecule has 0 aliphatic heterocycles. The van der Waals surface area contributed by atoms with Crippen LogP contribution in [-0.2, 0) is 0 Å². The largest absolute Gasteiger partial charge is 0.397 e. The Morgan fingerprint density at radius 3 is 2.50 bits per heavy atom. The number of nitrogen functional groups attached to an aromatic ring is 1. The van der Waals surface area contributed by atoms with E-state index >= 15 is 0 Å². The van der Waals surface area contributed by atoms with Crippen molar-refractivity contribution in [2.75, 3.05) is 5.73 Å². The van der Waals surface area contributed by atoms with Crippen LogP contribution in [0.2, 0.25) is 5.02 Å². The van der Waals surface area contributed by atoms with Crippen LogP contribution in [0.3, 0.4) is 0 Å². The molecule has 1 aromatic carbocycles. The maximum atomic E-state index is 5.97. The molecule has 0 aliphatic rings. The molecule has 0 fully saturated rings. The molecule has 4 heteroatoms. The highest BCUT2D eigenvalue weighted by molar-refractivity contribution is 6.30. The van der Waals surface area contributed by atoms with Gasteiger partial charge in [0, 0.05) is 10.7 Å². The lowest BCUT2D eigenvalue weighted by atomic mass is 10.2. The molecule has 0 radical (unpaired) electrons. The maximum Gasteiger partial charge on any atom is 0.0892 e. The van der Waals surface area contributed by atoms with Gasteiger partial charge in [0.25, 0.3) is 0 Å². The lowest BCUT2D eigenvalue weighted by Crippen LogP contribution is -2.03. The van der Waals surface area contributed by atoms with E-state index in [1.54, 1.807) is 12.1 Å². The minimum absolute atomic E-state index is 0.661. The van der Waals surface area contributed by atoms with Gasteiger partial charge in [0.1, 0.15) is 0 Å². The molecule has 2 aromatic rings. The van der Waals surface area contributed by atoms with Gasteiger partial charge < -0.3 is 5.73 Å². The average molecular weight is 236 g/mol. The first kappa shape index (κ1) is 11.0. The molecular weight excluding hydrogens is 222 g/mol. The summed E-state index contributed by atoms with van der Waals surface area (Å²) in [4.78, 5) is 0. The van der Waals surface area contributed by atoms with Crippen molar-refractivity contribution < 1.29 is 0 Å². The second-order valence-electron chi connectivity index (χ2n) is 3.91. The van der Waals surface area contributed by atoms with Crippen LogP contribution in [0.1, 0.15) is 17.0 Å². The monoisotopic (exact) mass is 235 g/mol. The minimum Gasteiger partial charge on any atom is -0.397 e. The molecule has 2 N–H and O–H groups in total. The van der Waals surface area contributed by atoms with Crippen molar-refractivity contribution in [2.45, 2.75) is 20.8 Å². The number of nitrogens with two attached hydrogens (primary N) is 1. The first-order valence-electron chi connectivity index (χ1n) is 5.09. The zero-order chi connectivity index (χ0) is 11.9. The fourth-order valence-corrected chi connectivity index (χ4v) is 1.82. The SMILES string of the molecule is Cc1nn(-c2cc(Cl)ccc2N)c(C)c1C. The van der Waals surface area contributed by atoms with Crippen molar-refractivity contribution in [1.29, 1.82) is 0 Å². The molecule has 0 aliphatic carbocycles. The summed E-state index contributed by atoms with van der Waals surface area (Å²) in [5, 5.41) is 5.12. The lowest BCUT2D eigenvalue weighted by molar-refractivity contribution is 0.835. The van der Waals surface area contributed by atoms with E-state index in [0.717, 1.165) is 17.1 Å². The molecule has 2 rings (SSSR count). The number of nitrogens with zero attached hydrogens (tertiary/aromatic N) is 2. The van der Waals surface area contributed by atoms with Gasteiger partial charge in [0.05, 0.1) is 17.1 Å². The van der Waals surface area contributed by atoms with Crippen molar-refractivity contribution in [3.8, 4) is 5.69 Å². The zero-order valence-electron chi connectivity index (χ0n) is 9.58. The summed E-state index contributed by atoms with van der Waals surface area (Å²) < 4.78 is 1.84. The van der Waals surface area contributed by atoms with E-state index in [2.05, 4.69) is 12.0 Å². The van der Waals surface area contributed by atoms with Gasteiger partial charge in [0.2, 0.25) is 0 Å². The number of rotatable bonds is 1. The van der Waals surface area contributed by atoms with Crippen molar-refractivity contribution in [2.24, 2.45) is 0 Å². The van der Waals surface area contributed by atoms with Crippen LogP contribution in [0.15, 0.2) is 18.2 Å². The average Bonchev–Trinajstić information content (AvgIpc) is 2.50. The lowest BCUT2D eigenvalue weighted by Gasteiger charge is -2.08. The minimum atomic E-state index is 0.661. The number of hydrogen-bond donors (Lipinski definition) is 1. The molecule has 1 heterocycles. The number of hydrogen-bond acceptors (Lipinski definition) is 2. The van der Waals surface area contributed by atoms with Crippen LogP contribution in [0, 0.1) is 20.8 Å². The number of benzene rings is 1. The van der Waals surface area contributed by atoms with Crippen molar-refractivity contribution in [3.05, 3.63) is 40.2 Å². The number of aromatic nitrogens is 2. The van der Waals surface area contributed by atoms with Gasteiger partial charge in [-0.15, -0.1) is 0 Å². The van der Waals surface area contributed by atoms with Crippen LogP contribution in [0.25, 0.3) is 5.69 Å². The van der Waals surface area contributed by atoms with E-state index in [4.69, 9.17) is 17.3 Å². The summed E-state index contributed by atoms with van der Waals surface area (Å²) >= 11 is 5.97. The van der Waals surface area contributed by atoms with Crippen molar-refractivity contribution in [1.82, 2.24) is 9.78 Å². The standard InChI is InChI=1S/C12H14ClN3/c1-7-8(2)15-16(9(7)3)12-6-10(13)4-5-11(12)14/h4-6H,14H2,1-3H3. The van der Waals surface area contributed by atoms with Gasteiger partial charge in [-0.25, -0.2) is 4.68 Å². The molecule has 1 aromatic heterocycles. The van der Waals surface area contributed by atoms with Crippen LogP contribution >= 0.6 is 11.6 Å². The Hall–Kier alpha value is -1.48. The van der Waals surface area contributed by atoms with Gasteiger partial charge in [-0.2, -0.15) is 5.10 Å². The Labute approximate surface area is 99.8 Å². The highest BCUT2D eigenvalue weighted by Crippen LogP contribution is 2.24. The molecule has 0 amide bonds. The Morgan fingerprint density at radius 2 is 1.94 bits per heavy atom. The predicted molar refractivity (Wildman–Crippen MR) is 67.2 cm³/mol. The van der Waals surface area contributed by atoms with Gasteiger partial charge in [-0.1, -0.05) is 11.6 Å². The molecule has 16 heavy (non-hydrogen) atoms. The molecular formula is C12H14ClN3. The van der Waals surface area contributed by atoms with Gasteiger partial charge >= 0.3 is 0 Å². The Kier molecular flexibility index (Phi) is 2.64. The third-order valence-electron chi connectivity index (χ3n) is 2.87. The van der Waals surface area contributed by atoms with Crippen LogP contribution in [0.4, 0.5) is 5.69 Å². The number of aryl methyl sites for hydroxylation is 1. The second kappa shape index (κ2) is 3.83. The fourth-order valence-electron chi connectivity index (χ4n) is 1.66. The van der Waals surface area contributed by atoms with Gasteiger partial charge in [-0.05, 0) is 44.5 Å². The highest BCUT2D eigenvalue weighted by atomic mass is 35.5. The molecule has 0 saturated carbocycles. The number of anilines is 1. The topological polar surface area (TPSA) is 43.8 Å². The predicted octanol–water partition coefficient (Wildman–Crippen LogP) is 3.03. The third kappa shape index (κ3) is 1.67. The Balaban J connectivity index is 2.67. The van der Waals surface area contributed by atoms with Gasteiger partial charge in [-0.3, -0.25) is 0 Å². The molecule has 3 nitrogen and oxygen atoms in total.